The first-order chi connectivity index (χ1) is 11.5. The highest BCUT2D eigenvalue weighted by atomic mass is 32.2. The Morgan fingerprint density at radius 2 is 1.67 bits per heavy atom. The zero-order valence-corrected chi connectivity index (χ0v) is 14.3. The third-order valence-electron chi connectivity index (χ3n) is 4.09. The minimum absolute atomic E-state index is 0.320. The summed E-state index contributed by atoms with van der Waals surface area (Å²) < 4.78 is 18.9. The number of rotatable bonds is 4. The van der Waals surface area contributed by atoms with Gasteiger partial charge in [-0.1, -0.05) is 36.9 Å². The van der Waals surface area contributed by atoms with E-state index in [0.29, 0.717) is 21.8 Å². The predicted molar refractivity (Wildman–Crippen MR) is 94.1 cm³/mol. The molecule has 0 bridgehead atoms. The van der Waals surface area contributed by atoms with E-state index in [1.165, 1.54) is 0 Å². The third kappa shape index (κ3) is 2.48. The summed E-state index contributed by atoms with van der Waals surface area (Å²) in [6.45, 7) is 9.12. The lowest BCUT2D eigenvalue weighted by atomic mass is 9.82. The number of carbonyl (C=O) groups excluding carboxylic acids is 1. The topological polar surface area (TPSA) is 49.4 Å². The van der Waals surface area contributed by atoms with Gasteiger partial charge in [0.05, 0.1) is 11.1 Å². The first kappa shape index (κ1) is 16.6. The van der Waals surface area contributed by atoms with Gasteiger partial charge >= 0.3 is 5.97 Å². The van der Waals surface area contributed by atoms with Crippen LogP contribution in [0.2, 0.25) is 0 Å². The zero-order valence-electron chi connectivity index (χ0n) is 13.5. The molecule has 0 atom stereocenters. The number of hydrogen-bond acceptors (Lipinski definition) is 3. The molecule has 24 heavy (non-hydrogen) atoms. The summed E-state index contributed by atoms with van der Waals surface area (Å²) in [7, 11) is 0. The summed E-state index contributed by atoms with van der Waals surface area (Å²) in [5.41, 5.74) is 0.743. The second kappa shape index (κ2) is 6.30. The molecule has 3 nitrogen and oxygen atoms in total. The van der Waals surface area contributed by atoms with Crippen molar-refractivity contribution in [1.29, 1.82) is 0 Å². The van der Waals surface area contributed by atoms with E-state index in [-0.39, 0.29) is 0 Å². The van der Waals surface area contributed by atoms with Gasteiger partial charge in [-0.05, 0) is 31.2 Å². The molecular weight excluding hydrogens is 320 g/mol. The lowest BCUT2D eigenvalue weighted by Gasteiger charge is -2.38. The zero-order chi connectivity index (χ0) is 17.3. The Kier molecular flexibility index (Phi) is 4.35. The fourth-order valence-corrected chi connectivity index (χ4v) is 4.51. The Morgan fingerprint density at radius 1 is 1.17 bits per heavy atom. The molecule has 0 saturated heterocycles. The molecule has 0 amide bonds. The fourth-order valence-electron chi connectivity index (χ4n) is 3.01. The van der Waals surface area contributed by atoms with Crippen molar-refractivity contribution < 1.29 is 14.1 Å². The molecule has 1 aliphatic rings. The average molecular weight is 338 g/mol. The van der Waals surface area contributed by atoms with Crippen molar-refractivity contribution in [3.63, 3.8) is 0 Å². The van der Waals surface area contributed by atoms with Crippen molar-refractivity contribution in [2.45, 2.75) is 28.7 Å². The van der Waals surface area contributed by atoms with E-state index in [4.69, 9.17) is 4.74 Å². The molecule has 3 rings (SSSR count). The maximum absolute atomic E-state index is 12.9. The van der Waals surface area contributed by atoms with Crippen LogP contribution in [0.1, 0.15) is 24.5 Å². The van der Waals surface area contributed by atoms with Gasteiger partial charge in [-0.25, -0.2) is 4.79 Å². The summed E-state index contributed by atoms with van der Waals surface area (Å²) in [5, 5.41) is 0. The van der Waals surface area contributed by atoms with Crippen molar-refractivity contribution in [1.82, 2.24) is 0 Å². The van der Waals surface area contributed by atoms with Crippen molar-refractivity contribution in [3.05, 3.63) is 84.5 Å². The van der Waals surface area contributed by atoms with Crippen molar-refractivity contribution in [3.8, 4) is 0 Å². The number of esters is 1. The second-order valence-corrected chi connectivity index (χ2v) is 7.17. The molecule has 0 aromatic heterocycles. The number of fused-ring (bicyclic) bond motifs is 2. The Morgan fingerprint density at radius 3 is 2.12 bits per heavy atom. The van der Waals surface area contributed by atoms with E-state index in [0.717, 1.165) is 11.1 Å². The maximum Gasteiger partial charge on any atom is 0.334 e. The minimum atomic E-state index is -1.31. The quantitative estimate of drug-likeness (QED) is 0.365. The molecule has 4 heteroatoms. The summed E-state index contributed by atoms with van der Waals surface area (Å²) in [5.74, 6) is -0.478. The van der Waals surface area contributed by atoms with Crippen LogP contribution in [-0.4, -0.2) is 10.5 Å². The smallest absolute Gasteiger partial charge is 0.334 e. The molecule has 2 aromatic carbocycles. The van der Waals surface area contributed by atoms with Crippen LogP contribution in [0.3, 0.4) is 0 Å². The Bertz CT molecular complexity index is 778. The first-order valence-corrected chi connectivity index (χ1v) is 8.77. The van der Waals surface area contributed by atoms with Crippen molar-refractivity contribution in [2.75, 3.05) is 0 Å². The highest BCUT2D eigenvalue weighted by Crippen LogP contribution is 2.48. The van der Waals surface area contributed by atoms with Gasteiger partial charge in [0.15, 0.2) is 15.4 Å². The average Bonchev–Trinajstić information content (AvgIpc) is 2.60. The first-order valence-electron chi connectivity index (χ1n) is 7.62. The largest absolute Gasteiger partial charge is 0.606 e. The van der Waals surface area contributed by atoms with E-state index >= 15 is 0 Å². The van der Waals surface area contributed by atoms with E-state index in [9.17, 15) is 9.35 Å². The van der Waals surface area contributed by atoms with Crippen LogP contribution in [0.15, 0.2) is 83.1 Å². The molecule has 0 aliphatic carbocycles. The van der Waals surface area contributed by atoms with Crippen LogP contribution in [0, 0.1) is 0 Å². The van der Waals surface area contributed by atoms with Gasteiger partial charge in [-0.15, -0.1) is 6.58 Å². The Balaban J connectivity index is 2.31. The van der Waals surface area contributed by atoms with E-state index < -0.39 is 22.7 Å². The second-order valence-electron chi connectivity index (χ2n) is 5.75. The Hall–Kier alpha value is -2.30. The van der Waals surface area contributed by atoms with Gasteiger partial charge in [-0.3, -0.25) is 0 Å². The standard InChI is InChI=1S/C20H18O3S/c1-4-13-20(23-19(21)14(2)3)15-9-5-7-11-17(15)24(22)18-12-8-6-10-16(18)20/h4-12H,1-2,13H2,3H3. The van der Waals surface area contributed by atoms with Crippen molar-refractivity contribution in [2.24, 2.45) is 0 Å². The molecule has 122 valence electrons. The molecule has 0 spiro atoms. The number of benzene rings is 2. The van der Waals surface area contributed by atoms with Gasteiger partial charge in [0, 0.05) is 23.2 Å². The van der Waals surface area contributed by atoms with Crippen LogP contribution in [0.4, 0.5) is 0 Å². The molecular formula is C20H18O3S. The molecule has 0 saturated carbocycles. The highest BCUT2D eigenvalue weighted by molar-refractivity contribution is 7.91. The van der Waals surface area contributed by atoms with Gasteiger partial charge in [0.25, 0.3) is 0 Å². The van der Waals surface area contributed by atoms with E-state index in [1.807, 2.05) is 48.5 Å². The molecule has 1 heterocycles. The van der Waals surface area contributed by atoms with Crippen LogP contribution in [0.5, 0.6) is 0 Å². The SMILES string of the molecule is C=CCC1(OC(=O)C(=C)C)c2ccccc2[S+]([O-])c2ccccc21. The van der Waals surface area contributed by atoms with Gasteiger partial charge in [-0.2, -0.15) is 0 Å². The minimum Gasteiger partial charge on any atom is -0.606 e. The lowest BCUT2D eigenvalue weighted by Crippen LogP contribution is -2.39. The molecule has 2 aromatic rings. The number of ether oxygens (including phenoxy) is 1. The third-order valence-corrected chi connectivity index (χ3v) is 5.60. The van der Waals surface area contributed by atoms with Gasteiger partial charge in [0.2, 0.25) is 0 Å². The Labute approximate surface area is 144 Å². The molecule has 0 fully saturated rings. The molecule has 0 N–H and O–H groups in total. The van der Waals surface area contributed by atoms with Crippen molar-refractivity contribution >= 4 is 17.1 Å². The molecule has 0 unspecified atom stereocenters. The summed E-state index contributed by atoms with van der Waals surface area (Å²) in [6.07, 6.45) is 2.10. The molecule has 1 aliphatic heterocycles. The maximum atomic E-state index is 12.9. The van der Waals surface area contributed by atoms with Crippen LogP contribution in [0.25, 0.3) is 0 Å². The summed E-state index contributed by atoms with van der Waals surface area (Å²) in [6, 6.07) is 14.7. The summed E-state index contributed by atoms with van der Waals surface area (Å²) in [4.78, 5) is 13.7. The van der Waals surface area contributed by atoms with Gasteiger partial charge in [0.1, 0.15) is 0 Å². The van der Waals surface area contributed by atoms with Crippen LogP contribution >= 0.6 is 0 Å². The summed E-state index contributed by atoms with van der Waals surface area (Å²) >= 11 is -1.31. The highest BCUT2D eigenvalue weighted by Gasteiger charge is 2.49. The van der Waals surface area contributed by atoms with E-state index in [1.54, 1.807) is 13.0 Å². The van der Waals surface area contributed by atoms with E-state index in [2.05, 4.69) is 13.2 Å². The monoisotopic (exact) mass is 338 g/mol. The van der Waals surface area contributed by atoms with Gasteiger partial charge < -0.3 is 9.29 Å². The number of carbonyl (C=O) groups is 1. The molecule has 0 radical (unpaired) electrons. The van der Waals surface area contributed by atoms with Crippen LogP contribution < -0.4 is 0 Å². The lowest BCUT2D eigenvalue weighted by molar-refractivity contribution is -0.152. The normalized spacial score (nSPS) is 21.3. The number of hydrogen-bond donors (Lipinski definition) is 0. The van der Waals surface area contributed by atoms with Crippen LogP contribution in [-0.2, 0) is 26.3 Å². The predicted octanol–water partition coefficient (Wildman–Crippen LogP) is 4.11. The fraction of sp³-hybridized carbons (Fsp3) is 0.150.